The van der Waals surface area contributed by atoms with E-state index in [1.807, 2.05) is 0 Å². The molecule has 4 aromatic rings. The van der Waals surface area contributed by atoms with E-state index in [0.717, 1.165) is 11.8 Å². The van der Waals surface area contributed by atoms with Crippen LogP contribution in [0.5, 0.6) is 0 Å². The molecule has 1 aromatic heterocycles. The second-order valence-electron chi connectivity index (χ2n) is 7.14. The molecular weight excluding hydrogens is 447 g/mol. The molecule has 0 bridgehead atoms. The maximum Gasteiger partial charge on any atom is 0.293 e. The van der Waals surface area contributed by atoms with Gasteiger partial charge in [-0.15, -0.1) is 0 Å². The summed E-state index contributed by atoms with van der Waals surface area (Å²) in [5.41, 5.74) is 1.07. The number of nitrogens with one attached hydrogen (secondary N) is 1. The number of nitro groups is 1. The molecule has 0 atom stereocenters. The number of hydrogen-bond acceptors (Lipinski definition) is 6. The Hall–Kier alpha value is -4.05. The van der Waals surface area contributed by atoms with Crippen LogP contribution in [0.15, 0.2) is 76.7 Å². The van der Waals surface area contributed by atoms with Gasteiger partial charge >= 0.3 is 0 Å². The lowest BCUT2D eigenvalue weighted by Crippen LogP contribution is -2.23. The topological polar surface area (TPSA) is 107 Å². The normalized spacial score (nSPS) is 10.8. The Labute approximate surface area is 191 Å². The second-order valence-corrected chi connectivity index (χ2v) is 8.09. The van der Waals surface area contributed by atoms with E-state index in [2.05, 4.69) is 10.3 Å². The van der Waals surface area contributed by atoms with Crippen LogP contribution in [0.1, 0.15) is 5.56 Å². The Balaban J connectivity index is 1.65. The fourth-order valence-electron chi connectivity index (χ4n) is 3.24. The van der Waals surface area contributed by atoms with Crippen molar-refractivity contribution in [2.75, 3.05) is 11.1 Å². The zero-order chi connectivity index (χ0) is 23.5. The van der Waals surface area contributed by atoms with Crippen LogP contribution in [0.25, 0.3) is 16.6 Å². The predicted octanol–water partition coefficient (Wildman–Crippen LogP) is 4.47. The van der Waals surface area contributed by atoms with Gasteiger partial charge in [0.25, 0.3) is 11.2 Å². The maximum absolute atomic E-state index is 13.4. The standard InChI is InChI=1S/C23H17FN4O4S/c1-14-6-11-19(20(12-14)28(31)32)25-21(29)13-33-23-26-18-5-3-2-4-17(18)22(30)27(23)16-9-7-15(24)8-10-16/h2-12H,13H2,1H3,(H,25,29). The summed E-state index contributed by atoms with van der Waals surface area (Å²) in [7, 11) is 0. The van der Waals surface area contributed by atoms with E-state index < -0.39 is 16.6 Å². The Bertz CT molecular complexity index is 1440. The van der Waals surface area contributed by atoms with E-state index in [9.17, 15) is 24.1 Å². The first-order chi connectivity index (χ1) is 15.8. The third kappa shape index (κ3) is 4.75. The van der Waals surface area contributed by atoms with Gasteiger partial charge in [-0.2, -0.15) is 0 Å². The molecular formula is C23H17FN4O4S. The summed E-state index contributed by atoms with van der Waals surface area (Å²) >= 11 is 0.996. The van der Waals surface area contributed by atoms with Crippen molar-refractivity contribution in [3.05, 3.63) is 98.6 Å². The molecule has 0 aliphatic carbocycles. The monoisotopic (exact) mass is 464 g/mol. The molecule has 1 heterocycles. The number of para-hydroxylation sites is 1. The first-order valence-electron chi connectivity index (χ1n) is 9.79. The number of halogens is 1. The number of fused-ring (bicyclic) bond motifs is 1. The number of aryl methyl sites for hydroxylation is 1. The van der Waals surface area contributed by atoms with Gasteiger partial charge in [0.1, 0.15) is 11.5 Å². The zero-order valence-corrected chi connectivity index (χ0v) is 18.1. The van der Waals surface area contributed by atoms with Crippen LogP contribution in [-0.2, 0) is 4.79 Å². The van der Waals surface area contributed by atoms with Crippen LogP contribution in [0.4, 0.5) is 15.8 Å². The van der Waals surface area contributed by atoms with Gasteiger partial charge < -0.3 is 5.32 Å². The molecule has 0 saturated carbocycles. The molecule has 1 N–H and O–H groups in total. The average molecular weight is 464 g/mol. The minimum Gasteiger partial charge on any atom is -0.320 e. The summed E-state index contributed by atoms with van der Waals surface area (Å²) in [5.74, 6) is -1.11. The van der Waals surface area contributed by atoms with E-state index in [1.54, 1.807) is 37.3 Å². The fourth-order valence-corrected chi connectivity index (χ4v) is 4.05. The number of nitrogens with zero attached hydrogens (tertiary/aromatic N) is 3. The molecule has 0 fully saturated rings. The van der Waals surface area contributed by atoms with Crippen LogP contribution in [0.3, 0.4) is 0 Å². The van der Waals surface area contributed by atoms with Crippen molar-refractivity contribution in [1.29, 1.82) is 0 Å². The van der Waals surface area contributed by atoms with Crippen molar-refractivity contribution in [3.8, 4) is 5.69 Å². The SMILES string of the molecule is Cc1ccc(NC(=O)CSc2nc3ccccc3c(=O)n2-c2ccc(F)cc2)c([N+](=O)[O-])c1. The summed E-state index contributed by atoms with van der Waals surface area (Å²) in [4.78, 5) is 41.0. The number of benzene rings is 3. The van der Waals surface area contributed by atoms with E-state index in [-0.39, 0.29) is 27.8 Å². The number of amides is 1. The first-order valence-corrected chi connectivity index (χ1v) is 10.8. The Morgan fingerprint density at radius 2 is 1.88 bits per heavy atom. The van der Waals surface area contributed by atoms with Gasteiger partial charge in [-0.1, -0.05) is 30.0 Å². The van der Waals surface area contributed by atoms with Crippen molar-refractivity contribution in [3.63, 3.8) is 0 Å². The maximum atomic E-state index is 13.4. The molecule has 0 spiro atoms. The molecule has 4 rings (SSSR count). The van der Waals surface area contributed by atoms with Gasteiger partial charge in [0.2, 0.25) is 5.91 Å². The molecule has 33 heavy (non-hydrogen) atoms. The van der Waals surface area contributed by atoms with E-state index in [1.165, 1.54) is 41.0 Å². The molecule has 0 radical (unpaired) electrons. The Morgan fingerprint density at radius 1 is 1.15 bits per heavy atom. The van der Waals surface area contributed by atoms with E-state index in [0.29, 0.717) is 22.2 Å². The van der Waals surface area contributed by atoms with Gasteiger partial charge in [0, 0.05) is 6.07 Å². The summed E-state index contributed by atoms with van der Waals surface area (Å²) in [6.45, 7) is 1.72. The van der Waals surface area contributed by atoms with Gasteiger partial charge in [-0.25, -0.2) is 9.37 Å². The van der Waals surface area contributed by atoms with Crippen LogP contribution in [0, 0.1) is 22.9 Å². The van der Waals surface area contributed by atoms with Crippen molar-refractivity contribution in [1.82, 2.24) is 9.55 Å². The number of nitro benzene ring substituents is 1. The molecule has 1 amide bonds. The number of rotatable bonds is 6. The number of hydrogen-bond donors (Lipinski definition) is 1. The summed E-state index contributed by atoms with van der Waals surface area (Å²) in [6.07, 6.45) is 0. The number of carbonyl (C=O) groups excluding carboxylic acids is 1. The molecule has 166 valence electrons. The quantitative estimate of drug-likeness (QED) is 0.195. The van der Waals surface area contributed by atoms with Gasteiger partial charge in [0.05, 0.1) is 27.3 Å². The number of thioether (sulfide) groups is 1. The first kappa shape index (κ1) is 22.2. The molecule has 0 aliphatic rings. The third-order valence-electron chi connectivity index (χ3n) is 4.79. The summed E-state index contributed by atoms with van der Waals surface area (Å²) < 4.78 is 14.7. The molecule has 10 heteroatoms. The third-order valence-corrected chi connectivity index (χ3v) is 5.72. The summed E-state index contributed by atoms with van der Waals surface area (Å²) in [6, 6.07) is 16.7. The zero-order valence-electron chi connectivity index (χ0n) is 17.3. The Morgan fingerprint density at radius 3 is 2.61 bits per heavy atom. The number of anilines is 1. The highest BCUT2D eigenvalue weighted by Gasteiger charge is 2.18. The largest absolute Gasteiger partial charge is 0.320 e. The Kier molecular flexibility index (Phi) is 6.18. The highest BCUT2D eigenvalue weighted by atomic mass is 32.2. The average Bonchev–Trinajstić information content (AvgIpc) is 2.80. The lowest BCUT2D eigenvalue weighted by molar-refractivity contribution is -0.384. The van der Waals surface area contributed by atoms with Crippen LogP contribution >= 0.6 is 11.8 Å². The lowest BCUT2D eigenvalue weighted by atomic mass is 10.2. The molecule has 8 nitrogen and oxygen atoms in total. The van der Waals surface area contributed by atoms with E-state index >= 15 is 0 Å². The predicted molar refractivity (Wildman–Crippen MR) is 124 cm³/mol. The lowest BCUT2D eigenvalue weighted by Gasteiger charge is -2.13. The van der Waals surface area contributed by atoms with Crippen LogP contribution in [0.2, 0.25) is 0 Å². The van der Waals surface area contributed by atoms with Crippen molar-refractivity contribution >= 4 is 39.9 Å². The van der Waals surface area contributed by atoms with Gasteiger partial charge in [-0.3, -0.25) is 24.3 Å². The number of aromatic nitrogens is 2. The number of carbonyl (C=O) groups is 1. The molecule has 3 aromatic carbocycles. The molecule has 0 saturated heterocycles. The minimum atomic E-state index is -0.563. The van der Waals surface area contributed by atoms with Crippen molar-refractivity contribution < 1.29 is 14.1 Å². The van der Waals surface area contributed by atoms with Crippen LogP contribution in [-0.4, -0.2) is 26.1 Å². The highest BCUT2D eigenvalue weighted by molar-refractivity contribution is 7.99. The minimum absolute atomic E-state index is 0.0820. The van der Waals surface area contributed by atoms with Crippen molar-refractivity contribution in [2.45, 2.75) is 12.1 Å². The van der Waals surface area contributed by atoms with Crippen LogP contribution < -0.4 is 10.9 Å². The second kappa shape index (κ2) is 9.21. The van der Waals surface area contributed by atoms with Gasteiger partial charge in [-0.05, 0) is 55.0 Å². The summed E-state index contributed by atoms with van der Waals surface area (Å²) in [5, 5.41) is 14.5. The van der Waals surface area contributed by atoms with E-state index in [4.69, 9.17) is 0 Å². The highest BCUT2D eigenvalue weighted by Crippen LogP contribution is 2.26. The van der Waals surface area contributed by atoms with Crippen molar-refractivity contribution in [2.24, 2.45) is 0 Å². The smallest absolute Gasteiger partial charge is 0.293 e. The molecule has 0 unspecified atom stereocenters. The molecule has 0 aliphatic heterocycles. The van der Waals surface area contributed by atoms with Gasteiger partial charge in [0.15, 0.2) is 5.16 Å². The fraction of sp³-hybridized carbons (Fsp3) is 0.0870.